The van der Waals surface area contributed by atoms with Gasteiger partial charge in [-0.25, -0.2) is 4.79 Å². The summed E-state index contributed by atoms with van der Waals surface area (Å²) in [5.41, 5.74) is 8.44. The second-order valence-electron chi connectivity index (χ2n) is 5.54. The third-order valence-electron chi connectivity index (χ3n) is 3.93. The number of amides is 3. The molecule has 0 spiro atoms. The van der Waals surface area contributed by atoms with E-state index in [2.05, 4.69) is 10.6 Å². The zero-order valence-corrected chi connectivity index (χ0v) is 13.5. The lowest BCUT2D eigenvalue weighted by Gasteiger charge is -2.18. The number of urea groups is 1. The number of benzene rings is 1. The fourth-order valence-electron chi connectivity index (χ4n) is 2.72. The first kappa shape index (κ1) is 16.1. The van der Waals surface area contributed by atoms with Gasteiger partial charge in [0.15, 0.2) is 0 Å². The molecule has 0 saturated heterocycles. The first-order valence-corrected chi connectivity index (χ1v) is 7.89. The van der Waals surface area contributed by atoms with Crippen LogP contribution in [0.25, 0.3) is 0 Å². The maximum absolute atomic E-state index is 12.3. The van der Waals surface area contributed by atoms with Crippen molar-refractivity contribution < 1.29 is 14.0 Å². The minimum absolute atomic E-state index is 0.123. The Morgan fingerprint density at radius 2 is 2.17 bits per heavy atom. The Morgan fingerprint density at radius 3 is 2.88 bits per heavy atom. The fraction of sp³-hybridized carbons (Fsp3) is 0.294. The van der Waals surface area contributed by atoms with Gasteiger partial charge in [0.1, 0.15) is 12.0 Å². The molecule has 7 heteroatoms. The Bertz CT molecular complexity index is 769. The van der Waals surface area contributed by atoms with E-state index in [1.165, 1.54) is 6.26 Å². The summed E-state index contributed by atoms with van der Waals surface area (Å²) in [5.74, 6) is 0.275. The number of nitrogens with two attached hydrogens (primary N) is 1. The molecule has 1 aromatic carbocycles. The topological polar surface area (TPSA) is 101 Å². The molecule has 0 unspecified atom stereocenters. The average Bonchev–Trinajstić information content (AvgIpc) is 3.21. The van der Waals surface area contributed by atoms with Crippen molar-refractivity contribution in [1.82, 2.24) is 5.32 Å². The monoisotopic (exact) mass is 328 g/mol. The minimum atomic E-state index is -0.277. The summed E-state index contributed by atoms with van der Waals surface area (Å²) < 4.78 is 5.18. The third-order valence-corrected chi connectivity index (χ3v) is 3.93. The van der Waals surface area contributed by atoms with Crippen LogP contribution >= 0.6 is 0 Å². The quantitative estimate of drug-likeness (QED) is 0.800. The van der Waals surface area contributed by atoms with E-state index in [9.17, 15) is 9.59 Å². The highest BCUT2D eigenvalue weighted by molar-refractivity contribution is 6.05. The predicted molar refractivity (Wildman–Crippen MR) is 91.1 cm³/mol. The van der Waals surface area contributed by atoms with Crippen LogP contribution in [-0.2, 0) is 13.0 Å². The lowest BCUT2D eigenvalue weighted by molar-refractivity contribution is 0.102. The van der Waals surface area contributed by atoms with Gasteiger partial charge in [-0.2, -0.15) is 0 Å². The molecule has 7 nitrogen and oxygen atoms in total. The molecule has 24 heavy (non-hydrogen) atoms. The lowest BCUT2D eigenvalue weighted by Crippen LogP contribution is -2.38. The Balaban J connectivity index is 1.77. The van der Waals surface area contributed by atoms with Crippen LogP contribution in [-0.4, -0.2) is 25.0 Å². The maximum atomic E-state index is 12.3. The number of nitrogens with one attached hydrogen (secondary N) is 2. The first-order chi connectivity index (χ1) is 11.6. The largest absolute Gasteiger partial charge is 0.467 e. The zero-order valence-electron chi connectivity index (χ0n) is 13.5. The van der Waals surface area contributed by atoms with Gasteiger partial charge < -0.3 is 20.8 Å². The van der Waals surface area contributed by atoms with Crippen LogP contribution in [0.2, 0.25) is 0 Å². The highest BCUT2D eigenvalue weighted by Gasteiger charge is 2.24. The maximum Gasteiger partial charge on any atom is 0.321 e. The second kappa shape index (κ2) is 6.76. The predicted octanol–water partition coefficient (Wildman–Crippen LogP) is 2.08. The first-order valence-electron chi connectivity index (χ1n) is 7.89. The van der Waals surface area contributed by atoms with Crippen LogP contribution < -0.4 is 21.3 Å². The van der Waals surface area contributed by atoms with E-state index in [-0.39, 0.29) is 18.5 Å². The van der Waals surface area contributed by atoms with Gasteiger partial charge in [0.25, 0.3) is 5.91 Å². The molecule has 1 aliphatic heterocycles. The van der Waals surface area contributed by atoms with E-state index < -0.39 is 0 Å². The van der Waals surface area contributed by atoms with Gasteiger partial charge in [0.2, 0.25) is 0 Å². The summed E-state index contributed by atoms with van der Waals surface area (Å²) >= 11 is 0. The molecule has 126 valence electrons. The van der Waals surface area contributed by atoms with E-state index in [1.807, 2.05) is 25.1 Å². The summed E-state index contributed by atoms with van der Waals surface area (Å²) in [5, 5.41) is 5.62. The summed E-state index contributed by atoms with van der Waals surface area (Å²) in [7, 11) is 0. The van der Waals surface area contributed by atoms with Gasteiger partial charge in [0, 0.05) is 18.8 Å². The van der Waals surface area contributed by atoms with E-state index >= 15 is 0 Å². The molecule has 4 N–H and O–H groups in total. The molecule has 0 bridgehead atoms. The lowest BCUT2D eigenvalue weighted by atomic mass is 10.1. The number of rotatable bonds is 4. The zero-order chi connectivity index (χ0) is 17.1. The van der Waals surface area contributed by atoms with Crippen molar-refractivity contribution in [3.05, 3.63) is 47.4 Å². The average molecular weight is 328 g/mol. The molecule has 1 aliphatic rings. The van der Waals surface area contributed by atoms with Crippen molar-refractivity contribution in [1.29, 1.82) is 0 Å². The number of fused-ring (bicyclic) bond motifs is 1. The van der Waals surface area contributed by atoms with Crippen molar-refractivity contribution in [2.24, 2.45) is 5.73 Å². The van der Waals surface area contributed by atoms with Crippen LogP contribution in [0.3, 0.4) is 0 Å². The smallest absolute Gasteiger partial charge is 0.321 e. The molecule has 3 amide bonds. The molecular weight excluding hydrogens is 308 g/mol. The van der Waals surface area contributed by atoms with Crippen molar-refractivity contribution in [2.75, 3.05) is 23.3 Å². The number of carbonyl (C=O) groups is 2. The molecule has 0 atom stereocenters. The highest BCUT2D eigenvalue weighted by Crippen LogP contribution is 2.31. The van der Waals surface area contributed by atoms with Gasteiger partial charge in [-0.3, -0.25) is 9.69 Å². The van der Waals surface area contributed by atoms with E-state index in [1.54, 1.807) is 11.0 Å². The van der Waals surface area contributed by atoms with Crippen LogP contribution in [0, 0.1) is 0 Å². The molecule has 0 radical (unpaired) electrons. The van der Waals surface area contributed by atoms with Crippen LogP contribution in [0.4, 0.5) is 16.2 Å². The summed E-state index contributed by atoms with van der Waals surface area (Å²) in [4.78, 5) is 26.1. The Hall–Kier alpha value is -2.80. The normalized spacial score (nSPS) is 12.8. The van der Waals surface area contributed by atoms with Gasteiger partial charge in [-0.15, -0.1) is 0 Å². The molecule has 0 fully saturated rings. The van der Waals surface area contributed by atoms with Crippen molar-refractivity contribution in [3.63, 3.8) is 0 Å². The van der Waals surface area contributed by atoms with E-state index in [4.69, 9.17) is 10.2 Å². The van der Waals surface area contributed by atoms with Gasteiger partial charge in [-0.05, 0) is 37.1 Å². The number of hydrogen-bond acceptors (Lipinski definition) is 4. The van der Waals surface area contributed by atoms with Crippen LogP contribution in [0.5, 0.6) is 0 Å². The van der Waals surface area contributed by atoms with E-state index in [0.29, 0.717) is 30.1 Å². The molecule has 0 aliphatic carbocycles. The fourth-order valence-corrected chi connectivity index (χ4v) is 2.72. The molecule has 2 heterocycles. The van der Waals surface area contributed by atoms with E-state index in [0.717, 1.165) is 17.7 Å². The van der Waals surface area contributed by atoms with Crippen molar-refractivity contribution in [3.8, 4) is 0 Å². The minimum Gasteiger partial charge on any atom is -0.467 e. The Morgan fingerprint density at radius 1 is 1.33 bits per heavy atom. The second-order valence-corrected chi connectivity index (χ2v) is 5.54. The summed E-state index contributed by atoms with van der Waals surface area (Å²) in [6.45, 7) is 3.34. The SMILES string of the molecule is CCNC(=O)N1CCc2ccc(NC(=O)c3coc(CN)c3)cc21. The van der Waals surface area contributed by atoms with Gasteiger partial charge in [-0.1, -0.05) is 6.07 Å². The number of anilines is 2. The molecular formula is C17H20N4O3. The third kappa shape index (κ3) is 3.11. The number of hydrogen-bond donors (Lipinski definition) is 3. The summed E-state index contributed by atoms with van der Waals surface area (Å²) in [6.07, 6.45) is 2.19. The van der Waals surface area contributed by atoms with Crippen LogP contribution in [0.15, 0.2) is 34.9 Å². The number of carbonyl (C=O) groups excluding carboxylic acids is 2. The van der Waals surface area contributed by atoms with Gasteiger partial charge >= 0.3 is 6.03 Å². The summed E-state index contributed by atoms with van der Waals surface area (Å²) in [6, 6.07) is 7.08. The molecule has 2 aromatic rings. The number of nitrogens with zero attached hydrogens (tertiary/aromatic N) is 1. The highest BCUT2D eigenvalue weighted by atomic mass is 16.3. The molecule has 3 rings (SSSR count). The Labute approximate surface area is 139 Å². The molecule has 0 saturated carbocycles. The van der Waals surface area contributed by atoms with Gasteiger partial charge in [0.05, 0.1) is 17.8 Å². The standard InChI is InChI=1S/C17H20N4O3/c1-2-19-17(23)21-6-5-11-3-4-13(8-15(11)21)20-16(22)12-7-14(9-18)24-10-12/h3-4,7-8,10H,2,5-6,9,18H2,1H3,(H,19,23)(H,20,22). The molecule has 1 aromatic heterocycles. The van der Waals surface area contributed by atoms with Crippen LogP contribution in [0.1, 0.15) is 28.6 Å². The van der Waals surface area contributed by atoms with Crippen molar-refractivity contribution in [2.45, 2.75) is 19.9 Å². The number of furan rings is 1. The van der Waals surface area contributed by atoms with Crippen molar-refractivity contribution >= 4 is 23.3 Å². The Kier molecular flexibility index (Phi) is 4.52.